The van der Waals surface area contributed by atoms with Crippen molar-refractivity contribution in [3.8, 4) is 0 Å². The predicted octanol–water partition coefficient (Wildman–Crippen LogP) is -0.105. The van der Waals surface area contributed by atoms with Gasteiger partial charge in [-0.2, -0.15) is 0 Å². The number of morpholine rings is 1. The van der Waals surface area contributed by atoms with Gasteiger partial charge in [0.25, 0.3) is 11.8 Å². The van der Waals surface area contributed by atoms with E-state index in [-0.39, 0.29) is 30.1 Å². The second-order valence-corrected chi connectivity index (χ2v) is 7.73. The summed E-state index contributed by atoms with van der Waals surface area (Å²) >= 11 is 0. The molecule has 10 nitrogen and oxygen atoms in total. The van der Waals surface area contributed by atoms with E-state index in [0.29, 0.717) is 38.5 Å². The Morgan fingerprint density at radius 2 is 2.06 bits per heavy atom. The lowest BCUT2D eigenvalue weighted by molar-refractivity contribution is -0.136. The number of nitrogens with zero attached hydrogens (tertiary/aromatic N) is 1. The van der Waals surface area contributed by atoms with Crippen LogP contribution in [0.5, 0.6) is 0 Å². The lowest BCUT2D eigenvalue weighted by atomic mass is 10.0. The monoisotopic (exact) mass is 430 g/mol. The number of fused-ring (bicyclic) bond motifs is 1. The van der Waals surface area contributed by atoms with Crippen molar-refractivity contribution in [1.29, 1.82) is 0 Å². The maximum atomic E-state index is 13.0. The highest BCUT2D eigenvalue weighted by Gasteiger charge is 2.45. The van der Waals surface area contributed by atoms with Crippen molar-refractivity contribution >= 4 is 29.3 Å². The molecule has 2 atom stereocenters. The van der Waals surface area contributed by atoms with E-state index >= 15 is 0 Å². The topological polar surface area (TPSA) is 126 Å². The van der Waals surface area contributed by atoms with Crippen LogP contribution in [0.1, 0.15) is 40.0 Å². The molecule has 0 aliphatic carbocycles. The average Bonchev–Trinajstić information content (AvgIpc) is 3.02. The van der Waals surface area contributed by atoms with Crippen molar-refractivity contribution in [3.05, 3.63) is 29.3 Å². The van der Waals surface area contributed by atoms with Gasteiger partial charge in [-0.3, -0.25) is 29.4 Å². The predicted molar refractivity (Wildman–Crippen MR) is 110 cm³/mol. The minimum absolute atomic E-state index is 0.0704. The zero-order valence-corrected chi connectivity index (χ0v) is 17.1. The van der Waals surface area contributed by atoms with E-state index in [2.05, 4.69) is 16.0 Å². The number of hydrogen-bond donors (Lipinski definition) is 3. The fraction of sp³-hybridized carbons (Fsp3) is 0.524. The first-order valence-electron chi connectivity index (χ1n) is 10.5. The number of anilines is 1. The maximum absolute atomic E-state index is 13.0. The van der Waals surface area contributed by atoms with Crippen LogP contribution in [0.2, 0.25) is 0 Å². The molecule has 1 aromatic carbocycles. The average molecular weight is 430 g/mol. The van der Waals surface area contributed by atoms with Crippen molar-refractivity contribution in [2.24, 2.45) is 0 Å². The van der Waals surface area contributed by atoms with Gasteiger partial charge in [-0.05, 0) is 25.0 Å². The molecule has 2 saturated heterocycles. The molecule has 1 unspecified atom stereocenters. The molecule has 3 heterocycles. The van der Waals surface area contributed by atoms with Gasteiger partial charge < -0.3 is 20.1 Å². The van der Waals surface area contributed by atoms with Gasteiger partial charge in [0.05, 0.1) is 30.4 Å². The standard InChI is InChI=1S/C21H26N4O6/c26-17-6-5-16(19(27)24-17)25-20(28)14-3-1-4-15(18(14)21(25)29)23-7-2-9-30-12-13-11-22-8-10-31-13/h1,3-4,13,16,22-23H,2,5-12H2,(H,24,26,27)/t13-,16?/m0/s1. The van der Waals surface area contributed by atoms with Crippen LogP contribution in [0.15, 0.2) is 18.2 Å². The van der Waals surface area contributed by atoms with E-state index in [4.69, 9.17) is 9.47 Å². The van der Waals surface area contributed by atoms with E-state index in [1.807, 2.05) is 0 Å². The summed E-state index contributed by atoms with van der Waals surface area (Å²) in [6, 6.07) is 4.04. The summed E-state index contributed by atoms with van der Waals surface area (Å²) in [5, 5.41) is 8.65. The van der Waals surface area contributed by atoms with Crippen molar-refractivity contribution < 1.29 is 28.7 Å². The Bertz CT molecular complexity index is 883. The van der Waals surface area contributed by atoms with Crippen LogP contribution in [0.25, 0.3) is 0 Å². The van der Waals surface area contributed by atoms with Crippen molar-refractivity contribution in [3.63, 3.8) is 0 Å². The van der Waals surface area contributed by atoms with Gasteiger partial charge >= 0.3 is 0 Å². The molecule has 0 bridgehead atoms. The highest BCUT2D eigenvalue weighted by Crippen LogP contribution is 2.32. The number of amides is 4. The first kappa shape index (κ1) is 21.4. The maximum Gasteiger partial charge on any atom is 0.264 e. The van der Waals surface area contributed by atoms with Gasteiger partial charge in [0.1, 0.15) is 6.04 Å². The van der Waals surface area contributed by atoms with Crippen molar-refractivity contribution in [2.75, 3.05) is 44.8 Å². The molecule has 0 radical (unpaired) electrons. The van der Waals surface area contributed by atoms with Gasteiger partial charge in [-0.1, -0.05) is 6.07 Å². The molecule has 0 aromatic heterocycles. The molecule has 0 spiro atoms. The highest BCUT2D eigenvalue weighted by atomic mass is 16.5. The quantitative estimate of drug-likeness (QED) is 0.385. The number of ether oxygens (including phenoxy) is 2. The summed E-state index contributed by atoms with van der Waals surface area (Å²) in [6.07, 6.45) is 1.01. The molecule has 4 amide bonds. The largest absolute Gasteiger partial charge is 0.384 e. The number of benzene rings is 1. The summed E-state index contributed by atoms with van der Waals surface area (Å²) in [5.74, 6) is -2.04. The second kappa shape index (κ2) is 9.54. The second-order valence-electron chi connectivity index (χ2n) is 7.73. The van der Waals surface area contributed by atoms with Crippen LogP contribution in [0.3, 0.4) is 0 Å². The third-order valence-corrected chi connectivity index (χ3v) is 5.56. The number of rotatable bonds is 8. The van der Waals surface area contributed by atoms with Gasteiger partial charge in [-0.15, -0.1) is 0 Å². The smallest absolute Gasteiger partial charge is 0.264 e. The summed E-state index contributed by atoms with van der Waals surface area (Å²) in [7, 11) is 0. The van der Waals surface area contributed by atoms with Crippen molar-refractivity contribution in [1.82, 2.24) is 15.5 Å². The molecule has 4 rings (SSSR count). The zero-order valence-electron chi connectivity index (χ0n) is 17.1. The molecule has 10 heteroatoms. The summed E-state index contributed by atoms with van der Waals surface area (Å²) in [4.78, 5) is 50.4. The summed E-state index contributed by atoms with van der Waals surface area (Å²) in [6.45, 7) is 3.97. The molecule has 2 fully saturated rings. The van der Waals surface area contributed by atoms with Crippen LogP contribution in [-0.2, 0) is 19.1 Å². The van der Waals surface area contributed by atoms with Crippen LogP contribution in [0, 0.1) is 0 Å². The Balaban J connectivity index is 1.33. The fourth-order valence-electron chi connectivity index (χ4n) is 4.00. The molecule has 166 valence electrons. The number of carbonyl (C=O) groups excluding carboxylic acids is 4. The van der Waals surface area contributed by atoms with E-state index in [9.17, 15) is 19.2 Å². The Kier molecular flexibility index (Phi) is 6.59. The molecule has 1 aromatic rings. The minimum Gasteiger partial charge on any atom is -0.384 e. The highest BCUT2D eigenvalue weighted by molar-refractivity contribution is 6.25. The molecule has 0 saturated carbocycles. The van der Waals surface area contributed by atoms with E-state index < -0.39 is 29.7 Å². The lowest BCUT2D eigenvalue weighted by Crippen LogP contribution is -2.54. The van der Waals surface area contributed by atoms with Gasteiger partial charge in [0, 0.05) is 38.3 Å². The third kappa shape index (κ3) is 4.60. The molecular weight excluding hydrogens is 404 g/mol. The van der Waals surface area contributed by atoms with Gasteiger partial charge in [-0.25, -0.2) is 0 Å². The normalized spacial score (nSPS) is 23.7. The Hall–Kier alpha value is -2.82. The lowest BCUT2D eigenvalue weighted by Gasteiger charge is -2.27. The minimum atomic E-state index is -0.970. The molecule has 31 heavy (non-hydrogen) atoms. The number of hydrogen-bond acceptors (Lipinski definition) is 8. The van der Waals surface area contributed by atoms with Gasteiger partial charge in [0.15, 0.2) is 0 Å². The van der Waals surface area contributed by atoms with Crippen LogP contribution >= 0.6 is 0 Å². The summed E-state index contributed by atoms with van der Waals surface area (Å²) < 4.78 is 11.2. The molecular formula is C21H26N4O6. The zero-order chi connectivity index (χ0) is 21.8. The van der Waals surface area contributed by atoms with E-state index in [0.717, 1.165) is 18.0 Å². The van der Waals surface area contributed by atoms with E-state index in [1.165, 1.54) is 0 Å². The molecule has 3 aliphatic rings. The number of imide groups is 2. The Labute approximate surface area is 179 Å². The summed E-state index contributed by atoms with van der Waals surface area (Å²) in [5.41, 5.74) is 1.07. The van der Waals surface area contributed by atoms with Gasteiger partial charge in [0.2, 0.25) is 11.8 Å². The first-order chi connectivity index (χ1) is 15.1. The third-order valence-electron chi connectivity index (χ3n) is 5.56. The molecule has 3 N–H and O–H groups in total. The number of nitrogens with one attached hydrogen (secondary N) is 3. The Morgan fingerprint density at radius 1 is 1.19 bits per heavy atom. The van der Waals surface area contributed by atoms with E-state index in [1.54, 1.807) is 18.2 Å². The van der Waals surface area contributed by atoms with Crippen molar-refractivity contribution in [2.45, 2.75) is 31.4 Å². The first-order valence-corrected chi connectivity index (χ1v) is 10.5. The van der Waals surface area contributed by atoms with Crippen LogP contribution < -0.4 is 16.0 Å². The number of piperidine rings is 1. The van der Waals surface area contributed by atoms with Crippen LogP contribution in [0.4, 0.5) is 5.69 Å². The van der Waals surface area contributed by atoms with Crippen LogP contribution in [-0.4, -0.2) is 80.1 Å². The molecule has 3 aliphatic heterocycles. The SMILES string of the molecule is O=C1CCC(N2C(=O)c3cccc(NCCCOC[C@@H]4CNCCO4)c3C2=O)C(=O)N1. The number of carbonyl (C=O) groups is 4. The fourth-order valence-corrected chi connectivity index (χ4v) is 4.00. The Morgan fingerprint density at radius 3 is 2.84 bits per heavy atom.